The van der Waals surface area contributed by atoms with Gasteiger partial charge in [0.1, 0.15) is 0 Å². The minimum absolute atomic E-state index is 0.289. The molecule has 2 N–H and O–H groups in total. The van der Waals surface area contributed by atoms with Crippen LogP contribution < -0.4 is 5.73 Å². The van der Waals surface area contributed by atoms with Crippen LogP contribution in [0.4, 0.5) is 0 Å². The second kappa shape index (κ2) is 8.31. The van der Waals surface area contributed by atoms with Gasteiger partial charge in [-0.3, -0.25) is 4.90 Å². The molecule has 1 unspecified atom stereocenters. The van der Waals surface area contributed by atoms with Crippen molar-refractivity contribution in [2.75, 3.05) is 20.2 Å². The number of hydrogen-bond donors (Lipinski definition) is 1. The molecule has 0 amide bonds. The topological polar surface area (TPSA) is 38.5 Å². The lowest BCUT2D eigenvalue weighted by Gasteiger charge is -2.34. The van der Waals surface area contributed by atoms with Crippen LogP contribution in [0.2, 0.25) is 0 Å². The first kappa shape index (κ1) is 16.2. The van der Waals surface area contributed by atoms with Crippen molar-refractivity contribution in [3.8, 4) is 0 Å². The SMILES string of the molecule is CCCN(C(C)C)C(CN)c1cccc(COC)c1. The van der Waals surface area contributed by atoms with Crippen LogP contribution in [-0.2, 0) is 11.3 Å². The van der Waals surface area contributed by atoms with Gasteiger partial charge >= 0.3 is 0 Å². The summed E-state index contributed by atoms with van der Waals surface area (Å²) in [5.41, 5.74) is 8.52. The Labute approximate surface area is 117 Å². The number of hydrogen-bond acceptors (Lipinski definition) is 3. The molecular formula is C16H28N2O. The van der Waals surface area contributed by atoms with E-state index in [1.165, 1.54) is 11.1 Å². The van der Waals surface area contributed by atoms with Gasteiger partial charge in [0, 0.05) is 25.7 Å². The number of nitrogens with two attached hydrogens (primary N) is 1. The fourth-order valence-corrected chi connectivity index (χ4v) is 2.55. The fourth-order valence-electron chi connectivity index (χ4n) is 2.55. The van der Waals surface area contributed by atoms with Gasteiger partial charge in [0.15, 0.2) is 0 Å². The summed E-state index contributed by atoms with van der Waals surface area (Å²) < 4.78 is 5.21. The van der Waals surface area contributed by atoms with Crippen LogP contribution in [-0.4, -0.2) is 31.1 Å². The summed E-state index contributed by atoms with van der Waals surface area (Å²) in [6, 6.07) is 9.36. The average molecular weight is 264 g/mol. The lowest BCUT2D eigenvalue weighted by Crippen LogP contribution is -2.39. The summed E-state index contributed by atoms with van der Waals surface area (Å²) in [5.74, 6) is 0. The van der Waals surface area contributed by atoms with E-state index in [4.69, 9.17) is 10.5 Å². The van der Waals surface area contributed by atoms with Crippen molar-refractivity contribution < 1.29 is 4.74 Å². The van der Waals surface area contributed by atoms with E-state index in [0.29, 0.717) is 19.2 Å². The number of benzene rings is 1. The third-order valence-corrected chi connectivity index (χ3v) is 3.42. The zero-order valence-corrected chi connectivity index (χ0v) is 12.7. The lowest BCUT2D eigenvalue weighted by atomic mass is 10.0. The molecule has 0 aliphatic rings. The van der Waals surface area contributed by atoms with Gasteiger partial charge in [0.2, 0.25) is 0 Å². The molecule has 1 rings (SSSR count). The van der Waals surface area contributed by atoms with Crippen LogP contribution in [0.3, 0.4) is 0 Å². The van der Waals surface area contributed by atoms with Crippen LogP contribution in [0.25, 0.3) is 0 Å². The molecular weight excluding hydrogens is 236 g/mol. The van der Waals surface area contributed by atoms with E-state index in [0.717, 1.165) is 13.0 Å². The number of rotatable bonds is 8. The zero-order valence-electron chi connectivity index (χ0n) is 12.7. The molecule has 3 nitrogen and oxygen atoms in total. The summed E-state index contributed by atoms with van der Waals surface area (Å²) in [7, 11) is 1.73. The van der Waals surface area contributed by atoms with Crippen LogP contribution in [0, 0.1) is 0 Å². The highest BCUT2D eigenvalue weighted by molar-refractivity contribution is 5.26. The molecule has 0 spiro atoms. The predicted molar refractivity (Wildman–Crippen MR) is 81.1 cm³/mol. The van der Waals surface area contributed by atoms with Gasteiger partial charge in [0.05, 0.1) is 6.61 Å². The summed E-state index contributed by atoms with van der Waals surface area (Å²) in [6.07, 6.45) is 1.15. The van der Waals surface area contributed by atoms with Crippen LogP contribution in [0.1, 0.15) is 44.4 Å². The van der Waals surface area contributed by atoms with Crippen molar-refractivity contribution in [3.05, 3.63) is 35.4 Å². The molecule has 0 aromatic heterocycles. The largest absolute Gasteiger partial charge is 0.380 e. The Kier molecular flexibility index (Phi) is 7.06. The molecule has 0 aliphatic carbocycles. The monoisotopic (exact) mass is 264 g/mol. The Morgan fingerprint density at radius 1 is 1.32 bits per heavy atom. The van der Waals surface area contributed by atoms with E-state index < -0.39 is 0 Å². The zero-order chi connectivity index (χ0) is 14.3. The Hall–Kier alpha value is -0.900. The lowest BCUT2D eigenvalue weighted by molar-refractivity contribution is 0.156. The van der Waals surface area contributed by atoms with Gasteiger partial charge in [-0.2, -0.15) is 0 Å². The first-order valence-corrected chi connectivity index (χ1v) is 7.17. The Balaban J connectivity index is 2.96. The summed E-state index contributed by atoms with van der Waals surface area (Å²) >= 11 is 0. The van der Waals surface area contributed by atoms with E-state index in [-0.39, 0.29) is 6.04 Å². The summed E-state index contributed by atoms with van der Waals surface area (Å²) in [6.45, 7) is 9.06. The maximum Gasteiger partial charge on any atom is 0.0713 e. The quantitative estimate of drug-likeness (QED) is 0.784. The van der Waals surface area contributed by atoms with Crippen molar-refractivity contribution >= 4 is 0 Å². The van der Waals surface area contributed by atoms with Gasteiger partial charge in [-0.15, -0.1) is 0 Å². The molecule has 0 fully saturated rings. The highest BCUT2D eigenvalue weighted by atomic mass is 16.5. The van der Waals surface area contributed by atoms with Crippen molar-refractivity contribution in [1.82, 2.24) is 4.90 Å². The summed E-state index contributed by atoms with van der Waals surface area (Å²) in [5, 5.41) is 0. The van der Waals surface area contributed by atoms with Gasteiger partial charge in [-0.1, -0.05) is 31.2 Å². The normalized spacial score (nSPS) is 13.2. The Morgan fingerprint density at radius 3 is 2.58 bits per heavy atom. The smallest absolute Gasteiger partial charge is 0.0713 e. The molecule has 0 saturated heterocycles. The van der Waals surface area contributed by atoms with Crippen LogP contribution in [0.5, 0.6) is 0 Å². The predicted octanol–water partition coefficient (Wildman–Crippen LogP) is 2.95. The van der Waals surface area contributed by atoms with Gasteiger partial charge in [0.25, 0.3) is 0 Å². The Morgan fingerprint density at radius 2 is 2.05 bits per heavy atom. The third-order valence-electron chi connectivity index (χ3n) is 3.42. The number of ether oxygens (including phenoxy) is 1. The molecule has 0 aliphatic heterocycles. The van der Waals surface area contributed by atoms with Crippen molar-refractivity contribution in [2.24, 2.45) is 5.73 Å². The first-order chi connectivity index (χ1) is 9.13. The number of methoxy groups -OCH3 is 1. The van der Waals surface area contributed by atoms with E-state index in [1.807, 2.05) is 0 Å². The molecule has 0 bridgehead atoms. The molecule has 19 heavy (non-hydrogen) atoms. The highest BCUT2D eigenvalue weighted by Crippen LogP contribution is 2.23. The number of nitrogens with zero attached hydrogens (tertiary/aromatic N) is 1. The molecule has 3 heteroatoms. The molecule has 1 atom stereocenters. The second-order valence-corrected chi connectivity index (χ2v) is 5.26. The van der Waals surface area contributed by atoms with Gasteiger partial charge in [-0.25, -0.2) is 0 Å². The highest BCUT2D eigenvalue weighted by Gasteiger charge is 2.20. The minimum Gasteiger partial charge on any atom is -0.380 e. The fraction of sp³-hybridized carbons (Fsp3) is 0.625. The van der Waals surface area contributed by atoms with E-state index in [9.17, 15) is 0 Å². The molecule has 1 aromatic carbocycles. The molecule has 0 radical (unpaired) electrons. The standard InChI is InChI=1S/C16H28N2O/c1-5-9-18(13(2)3)16(11-17)15-8-6-7-14(10-15)12-19-4/h6-8,10,13,16H,5,9,11-12,17H2,1-4H3. The van der Waals surface area contributed by atoms with Gasteiger partial charge in [-0.05, 0) is 37.9 Å². The Bertz CT molecular complexity index is 366. The summed E-state index contributed by atoms with van der Waals surface area (Å²) in [4.78, 5) is 2.48. The maximum atomic E-state index is 6.02. The molecule has 0 saturated carbocycles. The molecule has 1 aromatic rings. The first-order valence-electron chi connectivity index (χ1n) is 7.17. The maximum absolute atomic E-state index is 6.02. The third kappa shape index (κ3) is 4.60. The van der Waals surface area contributed by atoms with E-state index >= 15 is 0 Å². The molecule has 0 heterocycles. The van der Waals surface area contributed by atoms with Crippen molar-refractivity contribution in [3.63, 3.8) is 0 Å². The van der Waals surface area contributed by atoms with Crippen molar-refractivity contribution in [2.45, 2.75) is 45.9 Å². The van der Waals surface area contributed by atoms with Gasteiger partial charge < -0.3 is 10.5 Å². The van der Waals surface area contributed by atoms with E-state index in [1.54, 1.807) is 7.11 Å². The van der Waals surface area contributed by atoms with Crippen LogP contribution in [0.15, 0.2) is 24.3 Å². The average Bonchev–Trinajstić information content (AvgIpc) is 2.39. The van der Waals surface area contributed by atoms with Crippen LogP contribution >= 0.6 is 0 Å². The molecule has 108 valence electrons. The second-order valence-electron chi connectivity index (χ2n) is 5.26. The van der Waals surface area contributed by atoms with E-state index in [2.05, 4.69) is 49.9 Å². The minimum atomic E-state index is 0.289. The van der Waals surface area contributed by atoms with Crippen molar-refractivity contribution in [1.29, 1.82) is 0 Å².